The van der Waals surface area contributed by atoms with E-state index in [0.29, 0.717) is 6.42 Å². The maximum absolute atomic E-state index is 10.5. The second kappa shape index (κ2) is 15.6. The predicted octanol–water partition coefficient (Wildman–Crippen LogP) is 5.05. The summed E-state index contributed by atoms with van der Waals surface area (Å²) in [5.74, 6) is -0.882. The summed E-state index contributed by atoms with van der Waals surface area (Å²) >= 11 is 0. The second-order valence-electron chi connectivity index (χ2n) is 5.96. The van der Waals surface area contributed by atoms with Crippen LogP contribution >= 0.6 is 0 Å². The molecule has 0 radical (unpaired) electrons. The summed E-state index contributed by atoms with van der Waals surface area (Å²) in [6.07, 6.45) is 20.2. The summed E-state index contributed by atoms with van der Waals surface area (Å²) in [4.78, 5) is 10.5. The zero-order valence-corrected chi connectivity index (χ0v) is 13.9. The van der Waals surface area contributed by atoms with Gasteiger partial charge in [0.05, 0.1) is 0 Å². The zero-order chi connectivity index (χ0) is 15.8. The molecule has 3 nitrogen and oxygen atoms in total. The Morgan fingerprint density at radius 2 is 1.38 bits per heavy atom. The first-order valence-electron chi connectivity index (χ1n) is 8.81. The Balaban J connectivity index is 3.17. The van der Waals surface area contributed by atoms with E-state index in [1.165, 1.54) is 57.8 Å². The molecular formula is C18H35NO2. The monoisotopic (exact) mass is 297 g/mol. The van der Waals surface area contributed by atoms with Crippen LogP contribution in [0.5, 0.6) is 0 Å². The van der Waals surface area contributed by atoms with Gasteiger partial charge in [0.1, 0.15) is 6.04 Å². The molecule has 124 valence electrons. The van der Waals surface area contributed by atoms with Crippen LogP contribution in [0, 0.1) is 0 Å². The summed E-state index contributed by atoms with van der Waals surface area (Å²) in [6, 6.07) is -0.678. The van der Waals surface area contributed by atoms with E-state index in [2.05, 4.69) is 19.1 Å². The average Bonchev–Trinajstić information content (AvgIpc) is 2.47. The van der Waals surface area contributed by atoms with Crippen LogP contribution in [0.1, 0.15) is 90.4 Å². The molecular weight excluding hydrogens is 262 g/mol. The normalized spacial score (nSPS) is 12.9. The van der Waals surface area contributed by atoms with E-state index in [9.17, 15) is 4.79 Å². The number of carboxylic acids is 1. The van der Waals surface area contributed by atoms with Gasteiger partial charge in [-0.15, -0.1) is 0 Å². The topological polar surface area (TPSA) is 63.3 Å². The molecule has 0 aliphatic heterocycles. The van der Waals surface area contributed by atoms with Crippen molar-refractivity contribution >= 4 is 5.97 Å². The molecule has 1 atom stereocenters. The van der Waals surface area contributed by atoms with Crippen LogP contribution in [0.2, 0.25) is 0 Å². The molecule has 0 saturated heterocycles. The first-order chi connectivity index (χ1) is 10.2. The zero-order valence-electron chi connectivity index (χ0n) is 13.9. The van der Waals surface area contributed by atoms with Gasteiger partial charge in [0, 0.05) is 0 Å². The molecule has 0 heterocycles. The van der Waals surface area contributed by atoms with Crippen molar-refractivity contribution in [3.63, 3.8) is 0 Å². The van der Waals surface area contributed by atoms with Gasteiger partial charge in [0.25, 0.3) is 0 Å². The second-order valence-corrected chi connectivity index (χ2v) is 5.96. The highest BCUT2D eigenvalue weighted by atomic mass is 16.4. The van der Waals surface area contributed by atoms with E-state index in [-0.39, 0.29) is 0 Å². The van der Waals surface area contributed by atoms with Gasteiger partial charge in [0.2, 0.25) is 0 Å². The number of rotatable bonds is 15. The number of aliphatic carboxylic acids is 1. The van der Waals surface area contributed by atoms with Crippen LogP contribution in [0.4, 0.5) is 0 Å². The summed E-state index contributed by atoms with van der Waals surface area (Å²) < 4.78 is 0. The lowest BCUT2D eigenvalue weighted by atomic mass is 10.1. The van der Waals surface area contributed by atoms with Crippen LogP contribution in [-0.2, 0) is 4.79 Å². The SMILES string of the molecule is CCCCCCCCC=CCCCCCC[C@H](N)C(=O)O. The standard InChI is InChI=1S/C18H35NO2/c1-2-3-4-5-6-7-8-9-10-11-12-13-14-15-16-17(19)18(20)21/h9-10,17H,2-8,11-16,19H2,1H3,(H,20,21)/t17-/m0/s1. The van der Waals surface area contributed by atoms with Crippen molar-refractivity contribution in [2.24, 2.45) is 5.73 Å². The Morgan fingerprint density at radius 3 is 1.90 bits per heavy atom. The predicted molar refractivity (Wildman–Crippen MR) is 90.4 cm³/mol. The van der Waals surface area contributed by atoms with Gasteiger partial charge >= 0.3 is 5.97 Å². The van der Waals surface area contributed by atoms with Gasteiger partial charge in [-0.3, -0.25) is 4.79 Å². The summed E-state index contributed by atoms with van der Waals surface area (Å²) in [5.41, 5.74) is 5.45. The molecule has 3 heteroatoms. The Kier molecular flexibility index (Phi) is 14.9. The first-order valence-corrected chi connectivity index (χ1v) is 8.81. The van der Waals surface area contributed by atoms with Crippen molar-refractivity contribution < 1.29 is 9.90 Å². The van der Waals surface area contributed by atoms with E-state index in [0.717, 1.165) is 19.3 Å². The first kappa shape index (κ1) is 20.2. The number of hydrogen-bond acceptors (Lipinski definition) is 2. The van der Waals surface area contributed by atoms with Crippen molar-refractivity contribution in [2.75, 3.05) is 0 Å². The molecule has 0 aliphatic carbocycles. The fraction of sp³-hybridized carbons (Fsp3) is 0.833. The minimum absolute atomic E-state index is 0.600. The third-order valence-corrected chi connectivity index (χ3v) is 3.84. The van der Waals surface area contributed by atoms with E-state index < -0.39 is 12.0 Å². The number of carboxylic acid groups (broad SMARTS) is 1. The van der Waals surface area contributed by atoms with E-state index in [4.69, 9.17) is 10.8 Å². The molecule has 21 heavy (non-hydrogen) atoms. The molecule has 0 aromatic heterocycles. The van der Waals surface area contributed by atoms with E-state index >= 15 is 0 Å². The Morgan fingerprint density at radius 1 is 0.905 bits per heavy atom. The maximum Gasteiger partial charge on any atom is 0.320 e. The molecule has 0 spiro atoms. The molecule has 0 unspecified atom stereocenters. The van der Waals surface area contributed by atoms with Crippen molar-refractivity contribution in [1.29, 1.82) is 0 Å². The highest BCUT2D eigenvalue weighted by Gasteiger charge is 2.09. The van der Waals surface area contributed by atoms with Crippen LogP contribution < -0.4 is 5.73 Å². The Hall–Kier alpha value is -0.830. The third-order valence-electron chi connectivity index (χ3n) is 3.84. The molecule has 0 aliphatic rings. The van der Waals surface area contributed by atoms with Crippen LogP contribution in [0.25, 0.3) is 0 Å². The number of hydrogen-bond donors (Lipinski definition) is 2. The number of allylic oxidation sites excluding steroid dienone is 2. The number of unbranched alkanes of at least 4 members (excludes halogenated alkanes) is 10. The smallest absolute Gasteiger partial charge is 0.320 e. The summed E-state index contributed by atoms with van der Waals surface area (Å²) in [7, 11) is 0. The lowest BCUT2D eigenvalue weighted by molar-refractivity contribution is -0.138. The lowest BCUT2D eigenvalue weighted by Crippen LogP contribution is -2.29. The molecule has 0 aromatic carbocycles. The van der Waals surface area contributed by atoms with Crippen LogP contribution in [0.3, 0.4) is 0 Å². The van der Waals surface area contributed by atoms with Gasteiger partial charge in [-0.25, -0.2) is 0 Å². The van der Waals surface area contributed by atoms with Crippen LogP contribution in [0.15, 0.2) is 12.2 Å². The fourth-order valence-corrected chi connectivity index (χ4v) is 2.38. The van der Waals surface area contributed by atoms with Crippen molar-refractivity contribution in [3.8, 4) is 0 Å². The third kappa shape index (κ3) is 15.4. The lowest BCUT2D eigenvalue weighted by Gasteiger charge is -2.05. The average molecular weight is 297 g/mol. The molecule has 0 rings (SSSR count). The minimum atomic E-state index is -0.882. The number of nitrogens with two attached hydrogens (primary N) is 1. The Labute approximate surface area is 131 Å². The quantitative estimate of drug-likeness (QED) is 0.328. The van der Waals surface area contributed by atoms with Crippen molar-refractivity contribution in [1.82, 2.24) is 0 Å². The molecule has 0 fully saturated rings. The molecule has 3 N–H and O–H groups in total. The van der Waals surface area contributed by atoms with Crippen LogP contribution in [-0.4, -0.2) is 17.1 Å². The van der Waals surface area contributed by atoms with Gasteiger partial charge in [0.15, 0.2) is 0 Å². The number of carbonyl (C=O) groups is 1. The van der Waals surface area contributed by atoms with Gasteiger partial charge < -0.3 is 10.8 Å². The van der Waals surface area contributed by atoms with Gasteiger partial charge in [-0.1, -0.05) is 70.4 Å². The molecule has 0 bridgehead atoms. The summed E-state index contributed by atoms with van der Waals surface area (Å²) in [6.45, 7) is 2.25. The molecule has 0 amide bonds. The largest absolute Gasteiger partial charge is 0.480 e. The highest BCUT2D eigenvalue weighted by molar-refractivity contribution is 5.72. The van der Waals surface area contributed by atoms with Gasteiger partial charge in [-0.05, 0) is 32.1 Å². The molecule has 0 aromatic rings. The van der Waals surface area contributed by atoms with Gasteiger partial charge in [-0.2, -0.15) is 0 Å². The highest BCUT2D eigenvalue weighted by Crippen LogP contribution is 2.09. The minimum Gasteiger partial charge on any atom is -0.480 e. The molecule has 0 saturated carbocycles. The van der Waals surface area contributed by atoms with Crippen molar-refractivity contribution in [2.45, 2.75) is 96.4 Å². The van der Waals surface area contributed by atoms with E-state index in [1.807, 2.05) is 0 Å². The Bertz CT molecular complexity index is 264. The summed E-state index contributed by atoms with van der Waals surface area (Å²) in [5, 5.41) is 8.65. The maximum atomic E-state index is 10.5. The van der Waals surface area contributed by atoms with Crippen molar-refractivity contribution in [3.05, 3.63) is 12.2 Å². The fourth-order valence-electron chi connectivity index (χ4n) is 2.38. The van der Waals surface area contributed by atoms with E-state index in [1.54, 1.807) is 0 Å².